The normalized spacial score (nSPS) is 16.5. The zero-order chi connectivity index (χ0) is 22.4. The highest BCUT2D eigenvalue weighted by molar-refractivity contribution is 9.10. The largest absolute Gasteiger partial charge is 0.478 e. The van der Waals surface area contributed by atoms with Crippen molar-refractivity contribution >= 4 is 51.0 Å². The van der Waals surface area contributed by atoms with Crippen LogP contribution in [-0.2, 0) is 13.1 Å². The summed E-state index contributed by atoms with van der Waals surface area (Å²) >= 11 is 15.7. The van der Waals surface area contributed by atoms with Crippen LogP contribution in [0.25, 0.3) is 6.08 Å². The first-order valence-electron chi connectivity index (χ1n) is 10.0. The summed E-state index contributed by atoms with van der Waals surface area (Å²) in [7, 11) is 0. The molecule has 0 N–H and O–H groups in total. The number of nitrogens with zero attached hydrogens (tertiary/aromatic N) is 1. The van der Waals surface area contributed by atoms with E-state index in [2.05, 4.69) is 20.8 Å². The predicted molar refractivity (Wildman–Crippen MR) is 129 cm³/mol. The summed E-state index contributed by atoms with van der Waals surface area (Å²) in [6.45, 7) is 3.56. The molecular weight excluding hydrogens is 513 g/mol. The van der Waals surface area contributed by atoms with Gasteiger partial charge in [-0.3, -0.25) is 9.69 Å². The van der Waals surface area contributed by atoms with E-state index in [-0.39, 0.29) is 5.78 Å². The van der Waals surface area contributed by atoms with Crippen molar-refractivity contribution in [3.63, 3.8) is 0 Å². The fourth-order valence-corrected chi connectivity index (χ4v) is 4.73. The molecule has 2 heterocycles. The molecule has 0 radical (unpaired) electrons. The lowest BCUT2D eigenvalue weighted by atomic mass is 9.98. The van der Waals surface area contributed by atoms with Gasteiger partial charge in [-0.1, -0.05) is 63.4 Å². The second-order valence-corrected chi connectivity index (χ2v) is 9.51. The molecule has 0 bridgehead atoms. The van der Waals surface area contributed by atoms with Gasteiger partial charge in [-0.25, -0.2) is 0 Å². The van der Waals surface area contributed by atoms with Gasteiger partial charge in [-0.15, -0.1) is 0 Å². The second kappa shape index (κ2) is 8.56. The van der Waals surface area contributed by atoms with Gasteiger partial charge in [0.2, 0.25) is 5.78 Å². The van der Waals surface area contributed by atoms with Crippen LogP contribution in [0.2, 0.25) is 10.0 Å². The van der Waals surface area contributed by atoms with Crippen LogP contribution in [0.15, 0.2) is 58.8 Å². The van der Waals surface area contributed by atoms with Gasteiger partial charge < -0.3 is 9.47 Å². The minimum atomic E-state index is -0.113. The number of hydrogen-bond acceptors (Lipinski definition) is 4. The molecular formula is C25H18BrCl2NO3. The predicted octanol–water partition coefficient (Wildman–Crippen LogP) is 7.03. The summed E-state index contributed by atoms with van der Waals surface area (Å²) in [5.41, 5.74) is 4.23. The molecule has 0 unspecified atom stereocenters. The van der Waals surface area contributed by atoms with Gasteiger partial charge in [0.25, 0.3) is 0 Å². The van der Waals surface area contributed by atoms with Crippen molar-refractivity contribution in [3.05, 3.63) is 96.6 Å². The van der Waals surface area contributed by atoms with Crippen molar-refractivity contribution in [1.29, 1.82) is 0 Å². The molecule has 0 amide bonds. The third kappa shape index (κ3) is 3.95. The molecule has 3 aromatic rings. The maximum absolute atomic E-state index is 13.2. The van der Waals surface area contributed by atoms with E-state index < -0.39 is 0 Å². The van der Waals surface area contributed by atoms with Gasteiger partial charge in [0, 0.05) is 17.6 Å². The van der Waals surface area contributed by atoms with Crippen LogP contribution in [0.5, 0.6) is 11.5 Å². The highest BCUT2D eigenvalue weighted by Crippen LogP contribution is 2.44. The zero-order valence-corrected chi connectivity index (χ0v) is 20.2. The highest BCUT2D eigenvalue weighted by Gasteiger charge is 2.35. The van der Waals surface area contributed by atoms with E-state index in [1.54, 1.807) is 12.1 Å². The summed E-state index contributed by atoms with van der Waals surface area (Å²) < 4.78 is 13.1. The number of benzene rings is 3. The molecule has 0 saturated heterocycles. The van der Waals surface area contributed by atoms with Crippen molar-refractivity contribution < 1.29 is 14.3 Å². The Morgan fingerprint density at radius 1 is 1.12 bits per heavy atom. The van der Waals surface area contributed by atoms with Gasteiger partial charge in [0.15, 0.2) is 5.76 Å². The van der Waals surface area contributed by atoms with Crippen LogP contribution < -0.4 is 9.47 Å². The standard InChI is InChI=1S/C25H18BrCl2NO3/c1-14-8-21-17(12-29(13-31-21)11-15-6-7-19(27)20(28)9-15)25-23(14)24(30)22(32-25)10-16-4-2-3-5-18(16)26/h2-10H,11-13H2,1H3/b22-10-. The SMILES string of the molecule is Cc1cc2c(c3c1C(=O)/C(=C/c1ccccc1Br)O3)CN(Cc1ccc(Cl)c(Cl)c1)CO2. The Balaban J connectivity index is 1.46. The Kier molecular flexibility index (Phi) is 5.76. The maximum atomic E-state index is 13.2. The van der Waals surface area contributed by atoms with Crippen LogP contribution in [0.1, 0.15) is 32.6 Å². The van der Waals surface area contributed by atoms with Crippen LogP contribution in [-0.4, -0.2) is 17.4 Å². The fraction of sp³-hybridized carbons (Fsp3) is 0.160. The second-order valence-electron chi connectivity index (χ2n) is 7.84. The van der Waals surface area contributed by atoms with Gasteiger partial charge in [-0.2, -0.15) is 0 Å². The number of hydrogen-bond donors (Lipinski definition) is 0. The molecule has 3 aromatic carbocycles. The molecule has 0 aromatic heterocycles. The van der Waals surface area contributed by atoms with Crippen molar-refractivity contribution in [2.24, 2.45) is 0 Å². The molecule has 2 aliphatic heterocycles. The van der Waals surface area contributed by atoms with Crippen LogP contribution in [0.3, 0.4) is 0 Å². The van der Waals surface area contributed by atoms with Crippen LogP contribution >= 0.6 is 39.1 Å². The van der Waals surface area contributed by atoms with Gasteiger partial charge in [0.1, 0.15) is 18.2 Å². The highest BCUT2D eigenvalue weighted by atomic mass is 79.9. The molecule has 7 heteroatoms. The van der Waals surface area contributed by atoms with Crippen molar-refractivity contribution in [1.82, 2.24) is 4.90 Å². The Morgan fingerprint density at radius 2 is 1.94 bits per heavy atom. The molecule has 4 nitrogen and oxygen atoms in total. The average molecular weight is 531 g/mol. The molecule has 0 spiro atoms. The van der Waals surface area contributed by atoms with E-state index in [4.69, 9.17) is 32.7 Å². The first-order chi connectivity index (χ1) is 15.4. The van der Waals surface area contributed by atoms with Crippen molar-refractivity contribution in [2.75, 3.05) is 6.73 Å². The Bertz CT molecular complexity index is 1290. The minimum Gasteiger partial charge on any atom is -0.478 e. The summed E-state index contributed by atoms with van der Waals surface area (Å²) in [5.74, 6) is 1.53. The number of allylic oxidation sites excluding steroid dienone is 1. The number of fused-ring (bicyclic) bond motifs is 3. The van der Waals surface area contributed by atoms with Crippen LogP contribution in [0, 0.1) is 6.92 Å². The third-order valence-corrected chi connectivity index (χ3v) is 7.03. The molecule has 32 heavy (non-hydrogen) atoms. The zero-order valence-electron chi connectivity index (χ0n) is 17.1. The van der Waals surface area contributed by atoms with E-state index in [0.29, 0.717) is 46.9 Å². The Morgan fingerprint density at radius 3 is 2.72 bits per heavy atom. The number of carbonyl (C=O) groups excluding carboxylic acids is 1. The van der Waals surface area contributed by atoms with E-state index >= 15 is 0 Å². The smallest absolute Gasteiger partial charge is 0.232 e. The van der Waals surface area contributed by atoms with Gasteiger partial charge >= 0.3 is 0 Å². The summed E-state index contributed by atoms with van der Waals surface area (Å²) in [6.07, 6.45) is 1.77. The number of carbonyl (C=O) groups is 1. The number of Topliss-reactive ketones (excluding diaryl/α,β-unsaturated/α-hetero) is 1. The third-order valence-electron chi connectivity index (χ3n) is 5.57. The lowest BCUT2D eigenvalue weighted by Crippen LogP contribution is -2.31. The fourth-order valence-electron chi connectivity index (χ4n) is 4.01. The number of halogens is 3. The van der Waals surface area contributed by atoms with E-state index in [9.17, 15) is 4.79 Å². The monoisotopic (exact) mass is 529 g/mol. The summed E-state index contributed by atoms with van der Waals surface area (Å²) in [4.78, 5) is 15.3. The molecule has 0 atom stereocenters. The molecule has 5 rings (SSSR count). The first-order valence-corrected chi connectivity index (χ1v) is 11.6. The molecule has 2 aliphatic rings. The topological polar surface area (TPSA) is 38.8 Å². The van der Waals surface area contributed by atoms with Gasteiger partial charge in [0.05, 0.1) is 21.2 Å². The molecule has 0 fully saturated rings. The lowest BCUT2D eigenvalue weighted by Gasteiger charge is -2.30. The number of aryl methyl sites for hydroxylation is 1. The van der Waals surface area contributed by atoms with Crippen LogP contribution in [0.4, 0.5) is 0 Å². The van der Waals surface area contributed by atoms with Gasteiger partial charge in [-0.05, 0) is 54.0 Å². The number of ketones is 1. The maximum Gasteiger partial charge on any atom is 0.232 e. The minimum absolute atomic E-state index is 0.113. The summed E-state index contributed by atoms with van der Waals surface area (Å²) in [6, 6.07) is 15.2. The first kappa shape index (κ1) is 21.5. The van der Waals surface area contributed by atoms with Crippen molar-refractivity contribution in [3.8, 4) is 11.5 Å². The Labute approximate surface area is 204 Å². The lowest BCUT2D eigenvalue weighted by molar-refractivity contribution is 0.0872. The molecule has 0 aliphatic carbocycles. The number of ether oxygens (including phenoxy) is 2. The van der Waals surface area contributed by atoms with E-state index in [1.165, 1.54) is 0 Å². The quantitative estimate of drug-likeness (QED) is 0.341. The molecule has 162 valence electrons. The average Bonchev–Trinajstić information content (AvgIpc) is 3.10. The molecule has 0 saturated carbocycles. The summed E-state index contributed by atoms with van der Waals surface area (Å²) in [5, 5.41) is 1.05. The van der Waals surface area contributed by atoms with E-state index in [0.717, 1.165) is 32.5 Å². The number of rotatable bonds is 3. The van der Waals surface area contributed by atoms with Crippen molar-refractivity contribution in [2.45, 2.75) is 20.0 Å². The Hall–Kier alpha value is -2.31. The van der Waals surface area contributed by atoms with E-state index in [1.807, 2.05) is 49.4 Å².